The number of aromatic nitrogens is 3. The molecule has 0 aromatic carbocycles. The van der Waals surface area contributed by atoms with Gasteiger partial charge in [-0.05, 0) is 12.1 Å². The van der Waals surface area contributed by atoms with Crippen molar-refractivity contribution in [3.63, 3.8) is 0 Å². The van der Waals surface area contributed by atoms with Crippen LogP contribution < -0.4 is 0 Å². The number of halogens is 1. The monoisotopic (exact) mass is 264 g/mol. The first-order valence-electron chi connectivity index (χ1n) is 5.41. The van der Waals surface area contributed by atoms with E-state index in [2.05, 4.69) is 10.1 Å². The number of hydrogen-bond acceptors (Lipinski definition) is 3. The summed E-state index contributed by atoms with van der Waals surface area (Å²) in [6.07, 6.45) is 5.12. The van der Waals surface area contributed by atoms with Crippen LogP contribution in [-0.4, -0.2) is 32.6 Å². The van der Waals surface area contributed by atoms with Crippen molar-refractivity contribution in [3.8, 4) is 0 Å². The van der Waals surface area contributed by atoms with Gasteiger partial charge in [0.05, 0.1) is 6.20 Å². The van der Waals surface area contributed by atoms with Crippen LogP contribution in [0.15, 0.2) is 30.7 Å². The number of pyridine rings is 1. The predicted octanol–water partition coefficient (Wildman–Crippen LogP) is 1.74. The normalized spacial score (nSPS) is 10.4. The van der Waals surface area contributed by atoms with Gasteiger partial charge in [0.25, 0.3) is 5.91 Å². The molecule has 0 aliphatic heterocycles. The molecule has 94 valence electrons. The Morgan fingerprint density at radius 2 is 2.33 bits per heavy atom. The van der Waals surface area contributed by atoms with E-state index < -0.39 is 0 Å². The van der Waals surface area contributed by atoms with Crippen molar-refractivity contribution in [2.24, 2.45) is 7.05 Å². The summed E-state index contributed by atoms with van der Waals surface area (Å²) < 4.78 is 1.70. The molecule has 0 saturated heterocycles. The molecule has 2 heterocycles. The zero-order chi connectivity index (χ0) is 13.1. The van der Waals surface area contributed by atoms with Gasteiger partial charge in [0.1, 0.15) is 5.69 Å². The maximum Gasteiger partial charge on any atom is 0.272 e. The van der Waals surface area contributed by atoms with Crippen molar-refractivity contribution in [2.75, 3.05) is 7.05 Å². The maximum absolute atomic E-state index is 12.1. The van der Waals surface area contributed by atoms with Crippen LogP contribution in [-0.2, 0) is 13.6 Å². The van der Waals surface area contributed by atoms with Crippen molar-refractivity contribution in [3.05, 3.63) is 47.0 Å². The van der Waals surface area contributed by atoms with Gasteiger partial charge in [-0.1, -0.05) is 11.6 Å². The molecule has 0 spiro atoms. The zero-order valence-corrected chi connectivity index (χ0v) is 10.9. The highest BCUT2D eigenvalue weighted by molar-refractivity contribution is 6.30. The van der Waals surface area contributed by atoms with Crippen molar-refractivity contribution in [2.45, 2.75) is 6.54 Å². The number of carbonyl (C=O) groups is 1. The van der Waals surface area contributed by atoms with E-state index in [9.17, 15) is 4.79 Å². The van der Waals surface area contributed by atoms with Crippen LogP contribution in [0.3, 0.4) is 0 Å². The molecule has 0 fully saturated rings. The third-order valence-corrected chi connectivity index (χ3v) is 2.70. The van der Waals surface area contributed by atoms with Gasteiger partial charge in [-0.2, -0.15) is 5.10 Å². The first-order valence-corrected chi connectivity index (χ1v) is 5.78. The molecular weight excluding hydrogens is 252 g/mol. The Morgan fingerprint density at radius 3 is 2.94 bits per heavy atom. The lowest BCUT2D eigenvalue weighted by Crippen LogP contribution is -2.26. The Labute approximate surface area is 110 Å². The van der Waals surface area contributed by atoms with Crippen molar-refractivity contribution >= 4 is 17.5 Å². The van der Waals surface area contributed by atoms with Crippen molar-refractivity contribution < 1.29 is 4.79 Å². The number of hydrogen-bond donors (Lipinski definition) is 0. The lowest BCUT2D eigenvalue weighted by atomic mass is 10.3. The molecule has 0 atom stereocenters. The summed E-state index contributed by atoms with van der Waals surface area (Å²) in [5.74, 6) is -0.165. The van der Waals surface area contributed by atoms with Crippen LogP contribution in [0, 0.1) is 0 Å². The quantitative estimate of drug-likeness (QED) is 0.849. The minimum atomic E-state index is -0.165. The fraction of sp³-hybridized carbons (Fsp3) is 0.250. The lowest BCUT2D eigenvalue weighted by Gasteiger charge is -2.15. The van der Waals surface area contributed by atoms with E-state index in [4.69, 9.17) is 11.6 Å². The molecule has 18 heavy (non-hydrogen) atoms. The molecule has 5 nitrogen and oxygen atoms in total. The van der Waals surface area contributed by atoms with Crippen LogP contribution >= 0.6 is 11.6 Å². The molecule has 0 N–H and O–H groups in total. The predicted molar refractivity (Wildman–Crippen MR) is 68.3 cm³/mol. The second-order valence-corrected chi connectivity index (χ2v) is 4.48. The highest BCUT2D eigenvalue weighted by Crippen LogP contribution is 2.11. The van der Waals surface area contributed by atoms with Crippen LogP contribution in [0.4, 0.5) is 0 Å². The van der Waals surface area contributed by atoms with Crippen molar-refractivity contribution in [1.29, 1.82) is 0 Å². The zero-order valence-electron chi connectivity index (χ0n) is 10.2. The fourth-order valence-corrected chi connectivity index (χ4v) is 1.78. The Morgan fingerprint density at radius 1 is 1.56 bits per heavy atom. The molecule has 0 bridgehead atoms. The first kappa shape index (κ1) is 12.6. The van der Waals surface area contributed by atoms with E-state index in [1.54, 1.807) is 35.0 Å². The largest absolute Gasteiger partial charge is 0.336 e. The highest BCUT2D eigenvalue weighted by Gasteiger charge is 2.14. The van der Waals surface area contributed by atoms with Gasteiger partial charge in [-0.15, -0.1) is 0 Å². The van der Waals surface area contributed by atoms with Crippen LogP contribution in [0.1, 0.15) is 16.1 Å². The summed E-state index contributed by atoms with van der Waals surface area (Å²) in [6.45, 7) is 0.487. The SMILES string of the molecule is CN(Cc1cnn(C)c1)C(=O)c1cc(Cl)ccn1. The Balaban J connectivity index is 2.09. The molecule has 0 saturated carbocycles. The van der Waals surface area contributed by atoms with Gasteiger partial charge in [0.2, 0.25) is 0 Å². The molecule has 0 aliphatic carbocycles. The number of rotatable bonds is 3. The summed E-state index contributed by atoms with van der Waals surface area (Å²) in [4.78, 5) is 17.7. The van der Waals surface area contributed by atoms with E-state index >= 15 is 0 Å². The first-order chi connectivity index (χ1) is 8.56. The van der Waals surface area contributed by atoms with Crippen LogP contribution in [0.5, 0.6) is 0 Å². The second kappa shape index (κ2) is 5.18. The average Bonchev–Trinajstić information content (AvgIpc) is 2.73. The van der Waals surface area contributed by atoms with E-state index in [1.807, 2.05) is 13.2 Å². The van der Waals surface area contributed by atoms with Gasteiger partial charge < -0.3 is 4.90 Å². The van der Waals surface area contributed by atoms with E-state index in [1.165, 1.54) is 6.20 Å². The standard InChI is InChI=1S/C12H13ClN4O/c1-16(7-9-6-15-17(2)8-9)12(18)11-5-10(13)3-4-14-11/h3-6,8H,7H2,1-2H3. The van der Waals surface area contributed by atoms with Gasteiger partial charge in [0, 0.05) is 43.6 Å². The fourth-order valence-electron chi connectivity index (χ4n) is 1.62. The summed E-state index contributed by atoms with van der Waals surface area (Å²) in [7, 11) is 3.56. The molecule has 2 rings (SSSR count). The van der Waals surface area contributed by atoms with Crippen LogP contribution in [0.25, 0.3) is 0 Å². The summed E-state index contributed by atoms with van der Waals surface area (Å²) in [5, 5.41) is 4.56. The van der Waals surface area contributed by atoms with Gasteiger partial charge in [0.15, 0.2) is 0 Å². The molecule has 2 aromatic rings. The molecule has 2 aromatic heterocycles. The summed E-state index contributed by atoms with van der Waals surface area (Å²) in [6, 6.07) is 3.20. The number of amides is 1. The molecule has 0 aliphatic rings. The minimum absolute atomic E-state index is 0.165. The van der Waals surface area contributed by atoms with Crippen LogP contribution in [0.2, 0.25) is 5.02 Å². The highest BCUT2D eigenvalue weighted by atomic mass is 35.5. The molecule has 1 amide bonds. The minimum Gasteiger partial charge on any atom is -0.336 e. The second-order valence-electron chi connectivity index (χ2n) is 4.04. The van der Waals surface area contributed by atoms with Crippen molar-refractivity contribution in [1.82, 2.24) is 19.7 Å². The topological polar surface area (TPSA) is 51.0 Å². The summed E-state index contributed by atoms with van der Waals surface area (Å²) in [5.41, 5.74) is 1.31. The maximum atomic E-state index is 12.1. The third-order valence-electron chi connectivity index (χ3n) is 2.47. The molecule has 6 heteroatoms. The Bertz CT molecular complexity index is 567. The molecular formula is C12H13ClN4O. The molecule has 0 radical (unpaired) electrons. The summed E-state index contributed by atoms with van der Waals surface area (Å²) >= 11 is 5.83. The third kappa shape index (κ3) is 2.87. The average molecular weight is 265 g/mol. The van der Waals surface area contributed by atoms with Gasteiger partial charge in [-0.25, -0.2) is 0 Å². The smallest absolute Gasteiger partial charge is 0.272 e. The van der Waals surface area contributed by atoms with E-state index in [-0.39, 0.29) is 5.91 Å². The van der Waals surface area contributed by atoms with E-state index in [0.29, 0.717) is 17.3 Å². The number of nitrogens with zero attached hydrogens (tertiary/aromatic N) is 4. The lowest BCUT2D eigenvalue weighted by molar-refractivity contribution is 0.0779. The van der Waals surface area contributed by atoms with E-state index in [0.717, 1.165) is 5.56 Å². The number of carbonyl (C=O) groups excluding carboxylic acids is 1. The number of aryl methyl sites for hydroxylation is 1. The van der Waals surface area contributed by atoms with Gasteiger partial charge >= 0.3 is 0 Å². The van der Waals surface area contributed by atoms with Gasteiger partial charge in [-0.3, -0.25) is 14.5 Å². The Hall–Kier alpha value is -1.88. The Kier molecular flexibility index (Phi) is 3.62. The molecule has 0 unspecified atom stereocenters.